The summed E-state index contributed by atoms with van der Waals surface area (Å²) in [4.78, 5) is 19.4. The SMILES string of the molecule is COC(=O)c1ccc2[nH]c(-c3n[nH]c4ccccc34)nc2c1. The average molecular weight is 292 g/mol. The van der Waals surface area contributed by atoms with Crippen molar-refractivity contribution in [3.05, 3.63) is 48.0 Å². The molecule has 22 heavy (non-hydrogen) atoms. The highest BCUT2D eigenvalue weighted by atomic mass is 16.5. The lowest BCUT2D eigenvalue weighted by molar-refractivity contribution is 0.0601. The van der Waals surface area contributed by atoms with Gasteiger partial charge in [-0.25, -0.2) is 9.78 Å². The van der Waals surface area contributed by atoms with Gasteiger partial charge in [-0.05, 0) is 24.3 Å². The lowest BCUT2D eigenvalue weighted by atomic mass is 10.2. The number of hydrogen-bond donors (Lipinski definition) is 2. The number of methoxy groups -OCH3 is 1. The molecule has 0 spiro atoms. The second kappa shape index (κ2) is 4.70. The van der Waals surface area contributed by atoms with E-state index in [0.29, 0.717) is 16.9 Å². The summed E-state index contributed by atoms with van der Waals surface area (Å²) in [5.74, 6) is 0.283. The van der Waals surface area contributed by atoms with Gasteiger partial charge in [0.15, 0.2) is 5.82 Å². The fourth-order valence-electron chi connectivity index (χ4n) is 2.51. The Kier molecular flexibility index (Phi) is 2.69. The lowest BCUT2D eigenvalue weighted by Crippen LogP contribution is -2.00. The van der Waals surface area contributed by atoms with Crippen molar-refractivity contribution in [2.75, 3.05) is 7.11 Å². The van der Waals surface area contributed by atoms with Gasteiger partial charge < -0.3 is 9.72 Å². The van der Waals surface area contributed by atoms with Crippen LogP contribution in [0.3, 0.4) is 0 Å². The molecule has 0 amide bonds. The molecule has 0 aliphatic rings. The molecule has 0 aliphatic heterocycles. The van der Waals surface area contributed by atoms with Crippen molar-refractivity contribution < 1.29 is 9.53 Å². The number of nitrogens with zero attached hydrogens (tertiary/aromatic N) is 2. The number of hydrogen-bond acceptors (Lipinski definition) is 4. The number of esters is 1. The number of carbonyl (C=O) groups is 1. The molecule has 4 aromatic rings. The summed E-state index contributed by atoms with van der Waals surface area (Å²) in [5, 5.41) is 8.30. The van der Waals surface area contributed by atoms with Crippen molar-refractivity contribution >= 4 is 27.9 Å². The molecule has 0 aliphatic carbocycles. The number of nitrogens with one attached hydrogen (secondary N) is 2. The number of fused-ring (bicyclic) bond motifs is 2. The van der Waals surface area contributed by atoms with E-state index in [1.807, 2.05) is 30.3 Å². The Morgan fingerprint density at radius 3 is 2.86 bits per heavy atom. The fraction of sp³-hybridized carbons (Fsp3) is 0.0625. The number of imidazole rings is 1. The van der Waals surface area contributed by atoms with Gasteiger partial charge >= 0.3 is 5.97 Å². The molecule has 0 unspecified atom stereocenters. The quantitative estimate of drug-likeness (QED) is 0.556. The topological polar surface area (TPSA) is 83.7 Å². The van der Waals surface area contributed by atoms with Gasteiger partial charge in [-0.1, -0.05) is 18.2 Å². The highest BCUT2D eigenvalue weighted by Gasteiger charge is 2.13. The van der Waals surface area contributed by atoms with Crippen molar-refractivity contribution in [3.63, 3.8) is 0 Å². The van der Waals surface area contributed by atoms with Gasteiger partial charge in [0.2, 0.25) is 0 Å². The molecule has 0 saturated heterocycles. The monoisotopic (exact) mass is 292 g/mol. The minimum atomic E-state index is -0.378. The molecule has 108 valence electrons. The largest absolute Gasteiger partial charge is 0.465 e. The van der Waals surface area contributed by atoms with Crippen LogP contribution < -0.4 is 0 Å². The minimum absolute atomic E-state index is 0.378. The molecule has 2 aromatic carbocycles. The van der Waals surface area contributed by atoms with E-state index in [0.717, 1.165) is 22.1 Å². The Balaban J connectivity index is 1.87. The highest BCUT2D eigenvalue weighted by molar-refractivity contribution is 5.96. The van der Waals surface area contributed by atoms with Crippen molar-refractivity contribution in [1.82, 2.24) is 20.2 Å². The van der Waals surface area contributed by atoms with Crippen LogP contribution in [0.2, 0.25) is 0 Å². The van der Waals surface area contributed by atoms with Gasteiger partial charge in [0.25, 0.3) is 0 Å². The molecule has 0 fully saturated rings. The average Bonchev–Trinajstić information content (AvgIpc) is 3.16. The maximum atomic E-state index is 11.6. The van der Waals surface area contributed by atoms with Crippen molar-refractivity contribution in [2.24, 2.45) is 0 Å². The first-order valence-electron chi connectivity index (χ1n) is 6.78. The first-order valence-corrected chi connectivity index (χ1v) is 6.78. The molecule has 2 heterocycles. The smallest absolute Gasteiger partial charge is 0.337 e. The zero-order valence-electron chi connectivity index (χ0n) is 11.8. The van der Waals surface area contributed by atoms with Crippen LogP contribution in [0.5, 0.6) is 0 Å². The number of carbonyl (C=O) groups excluding carboxylic acids is 1. The van der Waals surface area contributed by atoms with Crippen LogP contribution in [0.4, 0.5) is 0 Å². The van der Waals surface area contributed by atoms with Crippen LogP contribution >= 0.6 is 0 Å². The lowest BCUT2D eigenvalue weighted by Gasteiger charge is -1.97. The molecule has 0 bridgehead atoms. The molecular formula is C16H12N4O2. The Labute approximate surface area is 125 Å². The number of benzene rings is 2. The van der Waals surface area contributed by atoms with Gasteiger partial charge in [-0.15, -0.1) is 0 Å². The van der Waals surface area contributed by atoms with E-state index in [1.165, 1.54) is 7.11 Å². The third kappa shape index (κ3) is 1.85. The molecule has 2 N–H and O–H groups in total. The number of aromatic amines is 2. The highest BCUT2D eigenvalue weighted by Crippen LogP contribution is 2.26. The number of ether oxygens (including phenoxy) is 1. The van der Waals surface area contributed by atoms with Gasteiger partial charge in [0, 0.05) is 5.39 Å². The Bertz CT molecular complexity index is 1000. The summed E-state index contributed by atoms with van der Waals surface area (Å²) < 4.78 is 4.73. The Morgan fingerprint density at radius 2 is 2.00 bits per heavy atom. The van der Waals surface area contributed by atoms with Crippen molar-refractivity contribution in [1.29, 1.82) is 0 Å². The number of para-hydroxylation sites is 1. The van der Waals surface area contributed by atoms with E-state index in [-0.39, 0.29) is 5.97 Å². The second-order valence-electron chi connectivity index (χ2n) is 4.93. The maximum Gasteiger partial charge on any atom is 0.337 e. The summed E-state index contributed by atoms with van der Waals surface area (Å²) in [5.41, 5.74) is 3.72. The summed E-state index contributed by atoms with van der Waals surface area (Å²) in [6.07, 6.45) is 0. The van der Waals surface area contributed by atoms with E-state index in [2.05, 4.69) is 20.2 Å². The molecule has 4 rings (SSSR count). The molecule has 0 radical (unpaired) electrons. The summed E-state index contributed by atoms with van der Waals surface area (Å²) in [6, 6.07) is 13.1. The Hall–Kier alpha value is -3.15. The van der Waals surface area contributed by atoms with Crippen LogP contribution in [0.1, 0.15) is 10.4 Å². The van der Waals surface area contributed by atoms with Crippen LogP contribution in [-0.4, -0.2) is 33.2 Å². The number of aromatic nitrogens is 4. The first kappa shape index (κ1) is 12.6. The molecular weight excluding hydrogens is 280 g/mol. The normalized spacial score (nSPS) is 11.1. The maximum absolute atomic E-state index is 11.6. The number of rotatable bonds is 2. The van der Waals surface area contributed by atoms with Crippen LogP contribution in [-0.2, 0) is 4.74 Å². The van der Waals surface area contributed by atoms with E-state index in [4.69, 9.17) is 4.74 Å². The van der Waals surface area contributed by atoms with Crippen molar-refractivity contribution in [2.45, 2.75) is 0 Å². The summed E-state index contributed by atoms with van der Waals surface area (Å²) in [6.45, 7) is 0. The molecule has 6 heteroatoms. The molecule has 0 saturated carbocycles. The summed E-state index contributed by atoms with van der Waals surface area (Å²) in [7, 11) is 1.36. The van der Waals surface area contributed by atoms with Gasteiger partial charge in [0.05, 0.1) is 29.2 Å². The standard InChI is InChI=1S/C16H12N4O2/c1-22-16(21)9-6-7-12-13(8-9)18-15(17-12)14-10-4-2-3-5-11(10)19-20-14/h2-8H,1H3,(H,17,18)(H,19,20). The first-order chi connectivity index (χ1) is 10.8. The number of H-pyrrole nitrogens is 2. The predicted octanol–water partition coefficient (Wildman–Crippen LogP) is 2.89. The van der Waals surface area contributed by atoms with Crippen LogP contribution in [0.15, 0.2) is 42.5 Å². The second-order valence-corrected chi connectivity index (χ2v) is 4.93. The Morgan fingerprint density at radius 1 is 1.14 bits per heavy atom. The molecule has 6 nitrogen and oxygen atoms in total. The van der Waals surface area contributed by atoms with E-state index in [1.54, 1.807) is 12.1 Å². The zero-order chi connectivity index (χ0) is 15.1. The zero-order valence-corrected chi connectivity index (χ0v) is 11.8. The third-order valence-corrected chi connectivity index (χ3v) is 3.60. The van der Waals surface area contributed by atoms with E-state index < -0.39 is 0 Å². The van der Waals surface area contributed by atoms with Gasteiger partial charge in [-0.2, -0.15) is 5.10 Å². The van der Waals surface area contributed by atoms with Gasteiger partial charge in [-0.3, -0.25) is 5.10 Å². The molecule has 0 atom stereocenters. The van der Waals surface area contributed by atoms with E-state index in [9.17, 15) is 4.79 Å². The van der Waals surface area contributed by atoms with Crippen LogP contribution in [0, 0.1) is 0 Å². The molecule has 2 aromatic heterocycles. The minimum Gasteiger partial charge on any atom is -0.465 e. The van der Waals surface area contributed by atoms with Crippen molar-refractivity contribution in [3.8, 4) is 11.5 Å². The fourth-order valence-corrected chi connectivity index (χ4v) is 2.51. The predicted molar refractivity (Wildman–Crippen MR) is 82.5 cm³/mol. The summed E-state index contributed by atoms with van der Waals surface area (Å²) >= 11 is 0. The van der Waals surface area contributed by atoms with Crippen LogP contribution in [0.25, 0.3) is 33.5 Å². The van der Waals surface area contributed by atoms with Gasteiger partial charge in [0.1, 0.15) is 5.69 Å². The van der Waals surface area contributed by atoms with E-state index >= 15 is 0 Å². The third-order valence-electron chi connectivity index (χ3n) is 3.60.